The molecular formula is C29H31ClF3N5O3. The van der Waals surface area contributed by atoms with E-state index in [2.05, 4.69) is 5.10 Å². The molecule has 2 aliphatic rings. The minimum absolute atomic E-state index is 0.0254. The predicted octanol–water partition coefficient (Wildman–Crippen LogP) is 5.12. The van der Waals surface area contributed by atoms with Crippen LogP contribution in [0.2, 0.25) is 5.02 Å². The molecule has 218 valence electrons. The van der Waals surface area contributed by atoms with E-state index < -0.39 is 11.9 Å². The van der Waals surface area contributed by atoms with Crippen LogP contribution in [0.4, 0.5) is 18.9 Å². The van der Waals surface area contributed by atoms with Gasteiger partial charge in [0.15, 0.2) is 5.69 Å². The van der Waals surface area contributed by atoms with E-state index in [0.717, 1.165) is 17.5 Å². The molecule has 0 unspecified atom stereocenters. The van der Waals surface area contributed by atoms with Gasteiger partial charge in [0, 0.05) is 56.6 Å². The Kier molecular flexibility index (Phi) is 8.17. The quantitative estimate of drug-likeness (QED) is 0.399. The summed E-state index contributed by atoms with van der Waals surface area (Å²) in [5.74, 6) is 0.0250. The van der Waals surface area contributed by atoms with Gasteiger partial charge in [-0.1, -0.05) is 41.9 Å². The molecule has 3 aromatic rings. The number of hydrogen-bond donors (Lipinski definition) is 0. The molecule has 0 N–H and O–H groups in total. The SMILES string of the molecule is COc1cc(N2CCN(C(=O)Cn3nc(C(F)(F)F)c(-c4ccccc4)c3C)CC2)c(C(=O)N2CCCC2)cc1Cl. The van der Waals surface area contributed by atoms with Crippen molar-refractivity contribution in [3.05, 3.63) is 64.4 Å². The second-order valence-electron chi connectivity index (χ2n) is 10.2. The van der Waals surface area contributed by atoms with E-state index in [4.69, 9.17) is 16.3 Å². The van der Waals surface area contributed by atoms with Crippen molar-refractivity contribution in [1.82, 2.24) is 19.6 Å². The molecule has 2 aromatic carbocycles. The van der Waals surface area contributed by atoms with Gasteiger partial charge in [0.2, 0.25) is 5.91 Å². The Morgan fingerprint density at radius 3 is 2.24 bits per heavy atom. The highest BCUT2D eigenvalue weighted by Gasteiger charge is 2.39. The van der Waals surface area contributed by atoms with E-state index in [1.807, 2.05) is 9.80 Å². The fourth-order valence-corrected chi connectivity index (χ4v) is 5.74. The van der Waals surface area contributed by atoms with Crippen LogP contribution in [0.5, 0.6) is 5.75 Å². The van der Waals surface area contributed by atoms with Gasteiger partial charge in [0.1, 0.15) is 12.3 Å². The van der Waals surface area contributed by atoms with Crippen molar-refractivity contribution in [3.63, 3.8) is 0 Å². The number of halogens is 4. The van der Waals surface area contributed by atoms with Crippen LogP contribution in [0, 0.1) is 6.92 Å². The van der Waals surface area contributed by atoms with Gasteiger partial charge in [-0.3, -0.25) is 14.3 Å². The first-order valence-electron chi connectivity index (χ1n) is 13.5. The number of hydrogen-bond acceptors (Lipinski definition) is 5. The lowest BCUT2D eigenvalue weighted by Gasteiger charge is -2.37. The van der Waals surface area contributed by atoms with E-state index in [1.54, 1.807) is 54.3 Å². The highest BCUT2D eigenvalue weighted by atomic mass is 35.5. The molecule has 2 aliphatic heterocycles. The van der Waals surface area contributed by atoms with Crippen LogP contribution in [0.25, 0.3) is 11.1 Å². The number of alkyl halides is 3. The maximum Gasteiger partial charge on any atom is 0.435 e. The zero-order chi connectivity index (χ0) is 29.3. The van der Waals surface area contributed by atoms with Crippen molar-refractivity contribution in [2.45, 2.75) is 32.5 Å². The number of rotatable bonds is 6. The van der Waals surface area contributed by atoms with Crippen LogP contribution in [0.1, 0.15) is 34.6 Å². The summed E-state index contributed by atoms with van der Waals surface area (Å²) < 4.78 is 48.1. The Bertz CT molecular complexity index is 1430. The number of likely N-dealkylation sites (tertiary alicyclic amines) is 1. The fourth-order valence-electron chi connectivity index (χ4n) is 5.50. The normalized spacial score (nSPS) is 15.9. The molecule has 0 aliphatic carbocycles. The van der Waals surface area contributed by atoms with E-state index in [0.29, 0.717) is 66.9 Å². The Morgan fingerprint density at radius 2 is 1.63 bits per heavy atom. The molecule has 0 atom stereocenters. The van der Waals surface area contributed by atoms with Crippen LogP contribution in [0.15, 0.2) is 42.5 Å². The number of aromatic nitrogens is 2. The van der Waals surface area contributed by atoms with Crippen molar-refractivity contribution < 1.29 is 27.5 Å². The molecule has 0 spiro atoms. The fraction of sp³-hybridized carbons (Fsp3) is 0.414. The maximum atomic E-state index is 13.9. The van der Waals surface area contributed by atoms with E-state index in [9.17, 15) is 22.8 Å². The summed E-state index contributed by atoms with van der Waals surface area (Å²) in [6.45, 7) is 4.14. The number of anilines is 1. The highest BCUT2D eigenvalue weighted by molar-refractivity contribution is 6.32. The molecule has 3 heterocycles. The summed E-state index contributed by atoms with van der Waals surface area (Å²) in [6.07, 6.45) is -2.75. The molecule has 2 saturated heterocycles. The van der Waals surface area contributed by atoms with E-state index >= 15 is 0 Å². The molecule has 12 heteroatoms. The number of piperazine rings is 1. The van der Waals surface area contributed by atoms with Crippen LogP contribution < -0.4 is 9.64 Å². The Balaban J connectivity index is 1.33. The standard InChI is InChI=1S/C29H31ClF3N5O3/c1-19-26(20-8-4-3-5-9-20)27(29(31,32)33)34-38(19)18-25(39)36-14-12-35(13-15-36)23-17-24(41-2)22(30)16-21(23)28(40)37-10-6-7-11-37/h3-5,8-9,16-17H,6-7,10-15,18H2,1-2H3. The van der Waals surface area contributed by atoms with E-state index in [1.165, 1.54) is 7.11 Å². The highest BCUT2D eigenvalue weighted by Crippen LogP contribution is 2.38. The Labute approximate surface area is 241 Å². The smallest absolute Gasteiger partial charge is 0.435 e. The number of methoxy groups -OCH3 is 1. The lowest BCUT2D eigenvalue weighted by atomic mass is 10.0. The molecule has 8 nitrogen and oxygen atoms in total. The van der Waals surface area contributed by atoms with Gasteiger partial charge in [0.25, 0.3) is 5.91 Å². The van der Waals surface area contributed by atoms with Gasteiger partial charge >= 0.3 is 6.18 Å². The minimum Gasteiger partial charge on any atom is -0.495 e. The van der Waals surface area contributed by atoms with Gasteiger partial charge in [0.05, 0.1) is 23.4 Å². The number of amides is 2. The zero-order valence-corrected chi connectivity index (χ0v) is 23.6. The van der Waals surface area contributed by atoms with Gasteiger partial charge in [-0.2, -0.15) is 18.3 Å². The summed E-state index contributed by atoms with van der Waals surface area (Å²) >= 11 is 6.38. The van der Waals surface area contributed by atoms with Gasteiger partial charge in [-0.15, -0.1) is 0 Å². The van der Waals surface area contributed by atoms with Crippen LogP contribution in [0.3, 0.4) is 0 Å². The largest absolute Gasteiger partial charge is 0.495 e. The molecule has 41 heavy (non-hydrogen) atoms. The third-order valence-corrected chi connectivity index (χ3v) is 7.98. The third kappa shape index (κ3) is 5.86. The van der Waals surface area contributed by atoms with Crippen molar-refractivity contribution in [2.24, 2.45) is 0 Å². The molecule has 0 radical (unpaired) electrons. The first-order valence-corrected chi connectivity index (χ1v) is 13.9. The van der Waals surface area contributed by atoms with Crippen LogP contribution >= 0.6 is 11.6 Å². The zero-order valence-electron chi connectivity index (χ0n) is 22.9. The second-order valence-corrected chi connectivity index (χ2v) is 10.6. The monoisotopic (exact) mass is 589 g/mol. The Hall–Kier alpha value is -3.73. The molecule has 2 amide bonds. The van der Waals surface area contributed by atoms with Crippen molar-refractivity contribution in [3.8, 4) is 16.9 Å². The van der Waals surface area contributed by atoms with Gasteiger partial charge in [-0.05, 0) is 31.4 Å². The van der Waals surface area contributed by atoms with Crippen LogP contribution in [-0.2, 0) is 17.5 Å². The molecule has 1 aromatic heterocycles. The summed E-state index contributed by atoms with van der Waals surface area (Å²) in [5, 5.41) is 4.16. The number of carbonyl (C=O) groups is 2. The second kappa shape index (κ2) is 11.6. The summed E-state index contributed by atoms with van der Waals surface area (Å²) in [7, 11) is 1.51. The van der Waals surface area contributed by atoms with Gasteiger partial charge in [-0.25, -0.2) is 0 Å². The summed E-state index contributed by atoms with van der Waals surface area (Å²) in [4.78, 5) is 32.0. The summed E-state index contributed by atoms with van der Waals surface area (Å²) in [5.41, 5.74) is 0.794. The topological polar surface area (TPSA) is 70.9 Å². The first-order chi connectivity index (χ1) is 19.6. The minimum atomic E-state index is -4.67. The molecule has 0 saturated carbocycles. The van der Waals surface area contributed by atoms with E-state index in [-0.39, 0.29) is 29.6 Å². The lowest BCUT2D eigenvalue weighted by molar-refractivity contribution is -0.141. The molecule has 5 rings (SSSR count). The van der Waals surface area contributed by atoms with Gasteiger partial charge < -0.3 is 19.4 Å². The number of benzene rings is 2. The molecule has 0 bridgehead atoms. The lowest BCUT2D eigenvalue weighted by Crippen LogP contribution is -2.50. The third-order valence-electron chi connectivity index (χ3n) is 7.69. The molecule has 2 fully saturated rings. The Morgan fingerprint density at radius 1 is 0.976 bits per heavy atom. The summed E-state index contributed by atoms with van der Waals surface area (Å²) in [6, 6.07) is 11.6. The van der Waals surface area contributed by atoms with Crippen LogP contribution in [-0.4, -0.2) is 77.8 Å². The average Bonchev–Trinajstić information content (AvgIpc) is 3.62. The number of ether oxygens (including phenoxy) is 1. The number of carbonyl (C=O) groups excluding carboxylic acids is 2. The number of nitrogens with zero attached hydrogens (tertiary/aromatic N) is 5. The van der Waals surface area contributed by atoms with Crippen molar-refractivity contribution >= 4 is 29.1 Å². The van der Waals surface area contributed by atoms with Crippen molar-refractivity contribution in [2.75, 3.05) is 51.3 Å². The van der Waals surface area contributed by atoms with Crippen molar-refractivity contribution in [1.29, 1.82) is 0 Å². The maximum absolute atomic E-state index is 13.9. The molecular weight excluding hydrogens is 559 g/mol. The average molecular weight is 590 g/mol. The predicted molar refractivity (Wildman–Crippen MR) is 149 cm³/mol. The first kappa shape index (κ1) is 28.8.